The van der Waals surface area contributed by atoms with Gasteiger partial charge in [0.1, 0.15) is 0 Å². The molecule has 0 radical (unpaired) electrons. The summed E-state index contributed by atoms with van der Waals surface area (Å²) in [5.41, 5.74) is 0. The van der Waals surface area contributed by atoms with Crippen LogP contribution in [0.3, 0.4) is 0 Å². The molecule has 0 bridgehead atoms. The second-order valence-corrected chi connectivity index (χ2v) is 2.75. The van der Waals surface area contributed by atoms with Crippen LogP contribution < -0.4 is 0 Å². The number of nitrogens with zero attached hydrogens (tertiary/aromatic N) is 1. The number of methoxy groups -OCH3 is 1. The Morgan fingerprint density at radius 2 is 2.55 bits per heavy atom. The Hall–Kier alpha value is -0.610. The molecule has 1 N–H and O–H groups in total. The molecule has 1 saturated heterocycles. The molecular weight excluding hydrogens is 146 g/mol. The predicted molar refractivity (Wildman–Crippen MR) is 39.1 cm³/mol. The summed E-state index contributed by atoms with van der Waals surface area (Å²) in [6.45, 7) is 1.68. The number of aliphatic hydroxyl groups excluding tert-OH is 1. The molecule has 1 fully saturated rings. The second kappa shape index (κ2) is 3.69. The number of likely N-dealkylation sites (tertiary alicyclic amines) is 1. The molecule has 0 aromatic heterocycles. The molecule has 4 heteroatoms. The minimum Gasteiger partial charge on any atom is -0.468 e. The van der Waals surface area contributed by atoms with Gasteiger partial charge in [0.2, 0.25) is 0 Å². The third-order valence-corrected chi connectivity index (χ3v) is 1.83. The molecule has 4 nitrogen and oxygen atoms in total. The Kier molecular flexibility index (Phi) is 2.84. The summed E-state index contributed by atoms with van der Waals surface area (Å²) in [4.78, 5) is 12.6. The van der Waals surface area contributed by atoms with Crippen molar-refractivity contribution in [2.75, 3.05) is 26.7 Å². The Morgan fingerprint density at radius 3 is 3.00 bits per heavy atom. The first-order valence-corrected chi connectivity index (χ1v) is 3.69. The van der Waals surface area contributed by atoms with Gasteiger partial charge in [0.05, 0.1) is 19.8 Å². The van der Waals surface area contributed by atoms with E-state index in [0.29, 0.717) is 13.1 Å². The maximum atomic E-state index is 10.7. The summed E-state index contributed by atoms with van der Waals surface area (Å²) in [5.74, 6) is -0.237. The zero-order chi connectivity index (χ0) is 8.27. The van der Waals surface area contributed by atoms with Crippen molar-refractivity contribution in [2.24, 2.45) is 0 Å². The molecular formula is C7H13NO3. The monoisotopic (exact) mass is 159 g/mol. The van der Waals surface area contributed by atoms with Crippen LogP contribution in [-0.4, -0.2) is 48.8 Å². The topological polar surface area (TPSA) is 49.8 Å². The molecule has 0 aliphatic carbocycles. The number of carbonyl (C=O) groups excluding carboxylic acids is 1. The molecule has 1 aliphatic rings. The number of carbonyl (C=O) groups is 1. The van der Waals surface area contributed by atoms with Gasteiger partial charge in [-0.05, 0) is 6.42 Å². The summed E-state index contributed by atoms with van der Waals surface area (Å²) >= 11 is 0. The van der Waals surface area contributed by atoms with Crippen molar-refractivity contribution in [1.82, 2.24) is 4.90 Å². The maximum absolute atomic E-state index is 10.7. The molecule has 0 spiro atoms. The zero-order valence-corrected chi connectivity index (χ0v) is 6.62. The SMILES string of the molecule is COC(=O)CN1CC[C@H](O)C1. The predicted octanol–water partition coefficient (Wildman–Crippen LogP) is -0.774. The largest absolute Gasteiger partial charge is 0.468 e. The lowest BCUT2D eigenvalue weighted by Crippen LogP contribution is -2.29. The van der Waals surface area contributed by atoms with Gasteiger partial charge < -0.3 is 9.84 Å². The van der Waals surface area contributed by atoms with Gasteiger partial charge in [0, 0.05) is 13.1 Å². The highest BCUT2D eigenvalue weighted by atomic mass is 16.5. The van der Waals surface area contributed by atoms with Crippen molar-refractivity contribution >= 4 is 5.97 Å². The molecule has 0 unspecified atom stereocenters. The number of hydrogen-bond donors (Lipinski definition) is 1. The second-order valence-electron chi connectivity index (χ2n) is 2.75. The van der Waals surface area contributed by atoms with E-state index in [1.165, 1.54) is 7.11 Å². The Bertz CT molecular complexity index is 149. The molecule has 1 aliphatic heterocycles. The summed E-state index contributed by atoms with van der Waals surface area (Å²) in [6.07, 6.45) is 0.497. The summed E-state index contributed by atoms with van der Waals surface area (Å²) < 4.78 is 4.49. The number of esters is 1. The van der Waals surface area contributed by atoms with Crippen LogP contribution in [0.4, 0.5) is 0 Å². The van der Waals surface area contributed by atoms with E-state index in [0.717, 1.165) is 13.0 Å². The van der Waals surface area contributed by atoms with Gasteiger partial charge >= 0.3 is 5.97 Å². The first-order valence-electron chi connectivity index (χ1n) is 3.69. The third kappa shape index (κ3) is 2.48. The lowest BCUT2D eigenvalue weighted by atomic mass is 10.3. The normalized spacial score (nSPS) is 25.5. The van der Waals surface area contributed by atoms with Crippen molar-refractivity contribution in [3.63, 3.8) is 0 Å². The average molecular weight is 159 g/mol. The van der Waals surface area contributed by atoms with Gasteiger partial charge in [-0.2, -0.15) is 0 Å². The smallest absolute Gasteiger partial charge is 0.319 e. The van der Waals surface area contributed by atoms with E-state index in [-0.39, 0.29) is 12.1 Å². The highest BCUT2D eigenvalue weighted by molar-refractivity contribution is 5.71. The highest BCUT2D eigenvalue weighted by Gasteiger charge is 2.21. The highest BCUT2D eigenvalue weighted by Crippen LogP contribution is 2.07. The molecule has 1 heterocycles. The minimum atomic E-state index is -0.264. The minimum absolute atomic E-state index is 0.237. The van der Waals surface area contributed by atoms with Gasteiger partial charge in [0.25, 0.3) is 0 Å². The van der Waals surface area contributed by atoms with Gasteiger partial charge in [-0.3, -0.25) is 9.69 Å². The van der Waals surface area contributed by atoms with Crippen molar-refractivity contribution in [1.29, 1.82) is 0 Å². The molecule has 0 amide bonds. The van der Waals surface area contributed by atoms with Gasteiger partial charge in [-0.1, -0.05) is 0 Å². The van der Waals surface area contributed by atoms with Crippen molar-refractivity contribution in [3.05, 3.63) is 0 Å². The van der Waals surface area contributed by atoms with Crippen LogP contribution in [0.25, 0.3) is 0 Å². The molecule has 0 saturated carbocycles. The molecule has 1 atom stereocenters. The molecule has 11 heavy (non-hydrogen) atoms. The van der Waals surface area contributed by atoms with Gasteiger partial charge in [-0.15, -0.1) is 0 Å². The van der Waals surface area contributed by atoms with Gasteiger partial charge in [0.15, 0.2) is 0 Å². The van der Waals surface area contributed by atoms with Gasteiger partial charge in [-0.25, -0.2) is 0 Å². The number of ether oxygens (including phenoxy) is 1. The van der Waals surface area contributed by atoms with Crippen LogP contribution in [0.1, 0.15) is 6.42 Å². The van der Waals surface area contributed by atoms with E-state index in [1.807, 2.05) is 4.90 Å². The fourth-order valence-electron chi connectivity index (χ4n) is 1.20. The molecule has 0 aromatic rings. The van der Waals surface area contributed by atoms with Crippen molar-refractivity contribution in [2.45, 2.75) is 12.5 Å². The van der Waals surface area contributed by atoms with Crippen LogP contribution in [0.15, 0.2) is 0 Å². The first-order chi connectivity index (χ1) is 5.22. The summed E-state index contributed by atoms with van der Waals surface area (Å²) in [6, 6.07) is 0. The van der Waals surface area contributed by atoms with E-state index in [9.17, 15) is 4.79 Å². The third-order valence-electron chi connectivity index (χ3n) is 1.83. The van der Waals surface area contributed by atoms with E-state index in [2.05, 4.69) is 4.74 Å². The van der Waals surface area contributed by atoms with Crippen LogP contribution in [-0.2, 0) is 9.53 Å². The van der Waals surface area contributed by atoms with E-state index in [4.69, 9.17) is 5.11 Å². The van der Waals surface area contributed by atoms with Crippen LogP contribution in [0.5, 0.6) is 0 Å². The van der Waals surface area contributed by atoms with Crippen molar-refractivity contribution in [3.8, 4) is 0 Å². The number of aliphatic hydroxyl groups is 1. The summed E-state index contributed by atoms with van der Waals surface area (Å²) in [5, 5.41) is 9.09. The first kappa shape index (κ1) is 8.49. The standard InChI is InChI=1S/C7H13NO3/c1-11-7(10)5-8-3-2-6(9)4-8/h6,9H,2-5H2,1H3/t6-/m0/s1. The Morgan fingerprint density at radius 1 is 1.82 bits per heavy atom. The lowest BCUT2D eigenvalue weighted by Gasteiger charge is -2.11. The van der Waals surface area contributed by atoms with Crippen LogP contribution in [0.2, 0.25) is 0 Å². The zero-order valence-electron chi connectivity index (χ0n) is 6.62. The molecule has 64 valence electrons. The number of hydrogen-bond acceptors (Lipinski definition) is 4. The van der Waals surface area contributed by atoms with E-state index < -0.39 is 0 Å². The number of β-amino-alcohol motifs (C(OH)–C–C–N with tert-alkyl or cyclic N) is 1. The van der Waals surface area contributed by atoms with E-state index in [1.54, 1.807) is 0 Å². The fraction of sp³-hybridized carbons (Fsp3) is 0.857. The molecule has 0 aromatic carbocycles. The maximum Gasteiger partial charge on any atom is 0.319 e. The Balaban J connectivity index is 2.23. The average Bonchev–Trinajstić information content (AvgIpc) is 2.35. The molecule has 1 rings (SSSR count). The fourth-order valence-corrected chi connectivity index (χ4v) is 1.20. The van der Waals surface area contributed by atoms with Crippen molar-refractivity contribution < 1.29 is 14.6 Å². The lowest BCUT2D eigenvalue weighted by molar-refractivity contribution is -0.141. The van der Waals surface area contributed by atoms with E-state index >= 15 is 0 Å². The quantitative estimate of drug-likeness (QED) is 0.537. The van der Waals surface area contributed by atoms with Crippen LogP contribution in [0, 0.1) is 0 Å². The van der Waals surface area contributed by atoms with Crippen LogP contribution >= 0.6 is 0 Å². The summed E-state index contributed by atoms with van der Waals surface area (Å²) in [7, 11) is 1.37. The Labute approximate surface area is 65.8 Å². The number of rotatable bonds is 2.